The molecule has 0 aromatic heterocycles. The minimum Gasteiger partial charge on any atom is -0.373 e. The highest BCUT2D eigenvalue weighted by atomic mass is 127. The third kappa shape index (κ3) is 9.09. The van der Waals surface area contributed by atoms with Crippen molar-refractivity contribution in [3.8, 4) is 0 Å². The second-order valence-electron chi connectivity index (χ2n) is 8.43. The summed E-state index contributed by atoms with van der Waals surface area (Å²) in [6, 6.07) is 8.73. The first kappa shape index (κ1) is 25.2. The van der Waals surface area contributed by atoms with Gasteiger partial charge in [-0.3, -0.25) is 4.99 Å². The summed E-state index contributed by atoms with van der Waals surface area (Å²) in [6.07, 6.45) is 2.42. The SMILES string of the molecule is CCNC(=NCC1CCCOC1c1ccc(C)cc1)NCCNC(C)(C)C.I. The molecule has 1 saturated heterocycles. The van der Waals surface area contributed by atoms with E-state index in [1.165, 1.54) is 11.1 Å². The fourth-order valence-electron chi connectivity index (χ4n) is 3.32. The molecule has 1 aliphatic heterocycles. The average molecular weight is 502 g/mol. The highest BCUT2D eigenvalue weighted by Gasteiger charge is 2.27. The summed E-state index contributed by atoms with van der Waals surface area (Å²) in [6.45, 7) is 15.0. The van der Waals surface area contributed by atoms with Crippen LogP contribution in [-0.2, 0) is 4.74 Å². The highest BCUT2D eigenvalue weighted by Crippen LogP contribution is 2.33. The van der Waals surface area contributed by atoms with Crippen LogP contribution < -0.4 is 16.0 Å². The number of aryl methyl sites for hydroxylation is 1. The molecule has 0 amide bonds. The Morgan fingerprint density at radius 1 is 1.14 bits per heavy atom. The molecule has 2 rings (SSSR count). The van der Waals surface area contributed by atoms with Crippen LogP contribution in [0, 0.1) is 12.8 Å². The summed E-state index contributed by atoms with van der Waals surface area (Å²) in [5.74, 6) is 1.31. The zero-order chi connectivity index (χ0) is 19.7. The molecular formula is C22H39IN4O. The zero-order valence-electron chi connectivity index (χ0n) is 18.2. The lowest BCUT2D eigenvalue weighted by atomic mass is 9.89. The Bertz CT molecular complexity index is 583. The molecule has 28 heavy (non-hydrogen) atoms. The van der Waals surface area contributed by atoms with Crippen LogP contribution in [0.1, 0.15) is 57.8 Å². The maximum atomic E-state index is 6.12. The van der Waals surface area contributed by atoms with Gasteiger partial charge in [0.25, 0.3) is 0 Å². The monoisotopic (exact) mass is 502 g/mol. The number of halogens is 1. The van der Waals surface area contributed by atoms with Crippen molar-refractivity contribution in [2.45, 2.75) is 59.1 Å². The van der Waals surface area contributed by atoms with Crippen LogP contribution in [0.3, 0.4) is 0 Å². The van der Waals surface area contributed by atoms with Gasteiger partial charge in [0.2, 0.25) is 0 Å². The van der Waals surface area contributed by atoms with Crippen LogP contribution >= 0.6 is 24.0 Å². The van der Waals surface area contributed by atoms with E-state index in [9.17, 15) is 0 Å². The second kappa shape index (κ2) is 12.6. The van der Waals surface area contributed by atoms with Gasteiger partial charge in [0, 0.05) is 44.2 Å². The van der Waals surface area contributed by atoms with Crippen LogP contribution in [0.4, 0.5) is 0 Å². The van der Waals surface area contributed by atoms with Gasteiger partial charge >= 0.3 is 0 Å². The number of nitrogens with zero attached hydrogens (tertiary/aromatic N) is 1. The molecule has 1 heterocycles. The van der Waals surface area contributed by atoms with Crippen LogP contribution in [0.2, 0.25) is 0 Å². The van der Waals surface area contributed by atoms with Crippen molar-refractivity contribution in [1.82, 2.24) is 16.0 Å². The van der Waals surface area contributed by atoms with Gasteiger partial charge in [0.15, 0.2) is 5.96 Å². The number of hydrogen-bond acceptors (Lipinski definition) is 3. The summed E-state index contributed by atoms with van der Waals surface area (Å²) in [5, 5.41) is 10.3. The van der Waals surface area contributed by atoms with Gasteiger partial charge in [0.1, 0.15) is 0 Å². The Labute approximate surface area is 188 Å². The standard InChI is InChI=1S/C22H38N4O.HI/c1-6-23-21(24-13-14-26-22(3,4)5)25-16-19-8-7-15-27-20(19)18-11-9-17(2)10-12-18;/h9-12,19-20,26H,6-8,13-16H2,1-5H3,(H2,23,24,25);1H. The molecule has 6 heteroatoms. The highest BCUT2D eigenvalue weighted by molar-refractivity contribution is 14.0. The molecule has 2 unspecified atom stereocenters. The van der Waals surface area contributed by atoms with E-state index >= 15 is 0 Å². The fraction of sp³-hybridized carbons (Fsp3) is 0.682. The van der Waals surface area contributed by atoms with Crippen molar-refractivity contribution in [3.63, 3.8) is 0 Å². The van der Waals surface area contributed by atoms with Crippen LogP contribution in [0.5, 0.6) is 0 Å². The smallest absolute Gasteiger partial charge is 0.191 e. The van der Waals surface area contributed by atoms with Gasteiger partial charge in [-0.05, 0) is 53.0 Å². The Kier molecular flexibility index (Phi) is 11.4. The van der Waals surface area contributed by atoms with E-state index in [0.717, 1.165) is 51.6 Å². The van der Waals surface area contributed by atoms with E-state index in [1.807, 2.05) is 0 Å². The lowest BCUT2D eigenvalue weighted by molar-refractivity contribution is -0.0250. The molecule has 0 aliphatic carbocycles. The van der Waals surface area contributed by atoms with Gasteiger partial charge in [0.05, 0.1) is 6.10 Å². The Hall–Kier alpha value is -0.860. The summed E-state index contributed by atoms with van der Waals surface area (Å²) >= 11 is 0. The predicted octanol–water partition coefficient (Wildman–Crippen LogP) is 4.02. The molecule has 0 radical (unpaired) electrons. The topological polar surface area (TPSA) is 57.7 Å². The third-order valence-corrected chi connectivity index (χ3v) is 4.75. The molecule has 160 valence electrons. The van der Waals surface area contributed by atoms with Crippen LogP contribution in [0.15, 0.2) is 29.3 Å². The molecular weight excluding hydrogens is 463 g/mol. The van der Waals surface area contributed by atoms with Crippen molar-refractivity contribution in [3.05, 3.63) is 35.4 Å². The number of ether oxygens (including phenoxy) is 1. The molecule has 2 atom stereocenters. The largest absolute Gasteiger partial charge is 0.373 e. The molecule has 0 spiro atoms. The maximum Gasteiger partial charge on any atom is 0.191 e. The summed E-state index contributed by atoms with van der Waals surface area (Å²) in [4.78, 5) is 4.85. The minimum atomic E-state index is 0. The third-order valence-electron chi connectivity index (χ3n) is 4.75. The first-order valence-electron chi connectivity index (χ1n) is 10.3. The lowest BCUT2D eigenvalue weighted by Gasteiger charge is -2.31. The molecule has 1 fully saturated rings. The molecule has 1 aliphatic rings. The quantitative estimate of drug-likeness (QED) is 0.228. The number of rotatable bonds is 7. The molecule has 0 saturated carbocycles. The van der Waals surface area contributed by atoms with Gasteiger partial charge in [-0.15, -0.1) is 24.0 Å². The first-order chi connectivity index (χ1) is 12.9. The zero-order valence-corrected chi connectivity index (χ0v) is 20.5. The van der Waals surface area contributed by atoms with Crippen molar-refractivity contribution in [2.24, 2.45) is 10.9 Å². The average Bonchev–Trinajstić information content (AvgIpc) is 2.63. The van der Waals surface area contributed by atoms with E-state index < -0.39 is 0 Å². The van der Waals surface area contributed by atoms with E-state index in [2.05, 4.69) is 74.8 Å². The maximum absolute atomic E-state index is 6.12. The van der Waals surface area contributed by atoms with E-state index in [0.29, 0.717) is 5.92 Å². The molecule has 1 aromatic rings. The Morgan fingerprint density at radius 2 is 1.86 bits per heavy atom. The number of aliphatic imine (C=N–C) groups is 1. The van der Waals surface area contributed by atoms with Crippen molar-refractivity contribution < 1.29 is 4.74 Å². The number of hydrogen-bond donors (Lipinski definition) is 3. The normalized spacial score (nSPS) is 20.4. The number of guanidine groups is 1. The number of nitrogens with one attached hydrogen (secondary N) is 3. The van der Waals surface area contributed by atoms with Gasteiger partial charge < -0.3 is 20.7 Å². The first-order valence-corrected chi connectivity index (χ1v) is 10.3. The summed E-state index contributed by atoms with van der Waals surface area (Å²) in [5.41, 5.74) is 2.69. The van der Waals surface area contributed by atoms with E-state index in [4.69, 9.17) is 9.73 Å². The lowest BCUT2D eigenvalue weighted by Crippen LogP contribution is -2.44. The summed E-state index contributed by atoms with van der Waals surface area (Å²) < 4.78 is 6.12. The number of benzene rings is 1. The van der Waals surface area contributed by atoms with E-state index in [-0.39, 0.29) is 35.6 Å². The van der Waals surface area contributed by atoms with Gasteiger partial charge in [-0.1, -0.05) is 29.8 Å². The van der Waals surface area contributed by atoms with Crippen molar-refractivity contribution >= 4 is 29.9 Å². The van der Waals surface area contributed by atoms with Crippen molar-refractivity contribution in [1.29, 1.82) is 0 Å². The molecule has 3 N–H and O–H groups in total. The van der Waals surface area contributed by atoms with Crippen molar-refractivity contribution in [2.75, 3.05) is 32.8 Å². The minimum absolute atomic E-state index is 0. The Morgan fingerprint density at radius 3 is 2.50 bits per heavy atom. The van der Waals surface area contributed by atoms with Crippen LogP contribution in [-0.4, -0.2) is 44.3 Å². The predicted molar refractivity (Wildman–Crippen MR) is 130 cm³/mol. The van der Waals surface area contributed by atoms with Gasteiger partial charge in [-0.2, -0.15) is 0 Å². The molecule has 0 bridgehead atoms. The fourth-order valence-corrected chi connectivity index (χ4v) is 3.32. The molecule has 1 aromatic carbocycles. The second-order valence-corrected chi connectivity index (χ2v) is 8.43. The molecule has 5 nitrogen and oxygen atoms in total. The Balaban J connectivity index is 0.00000392. The van der Waals surface area contributed by atoms with Crippen LogP contribution in [0.25, 0.3) is 0 Å². The summed E-state index contributed by atoms with van der Waals surface area (Å²) in [7, 11) is 0. The van der Waals surface area contributed by atoms with E-state index in [1.54, 1.807) is 0 Å². The van der Waals surface area contributed by atoms with Gasteiger partial charge in [-0.25, -0.2) is 0 Å².